The molecule has 3 heteroatoms. The third-order valence-electron chi connectivity index (χ3n) is 3.56. The van der Waals surface area contributed by atoms with Gasteiger partial charge in [0.25, 0.3) is 0 Å². The highest BCUT2D eigenvalue weighted by atomic mass is 15.3. The predicted octanol–water partition coefficient (Wildman–Crippen LogP) is 3.92. The van der Waals surface area contributed by atoms with Crippen LogP contribution in [0.2, 0.25) is 0 Å². The summed E-state index contributed by atoms with van der Waals surface area (Å²) in [6.45, 7) is 8.84. The Labute approximate surface area is 115 Å². The van der Waals surface area contributed by atoms with E-state index in [-0.39, 0.29) is 0 Å². The number of hydrogen-bond donors (Lipinski definition) is 1. The van der Waals surface area contributed by atoms with Crippen LogP contribution >= 0.6 is 0 Å². The van der Waals surface area contributed by atoms with Crippen LogP contribution in [0.5, 0.6) is 0 Å². The summed E-state index contributed by atoms with van der Waals surface area (Å²) in [5.41, 5.74) is 10.7. The number of nitrogen functional groups attached to an aromatic ring is 1. The van der Waals surface area contributed by atoms with Crippen molar-refractivity contribution in [3.05, 3.63) is 35.4 Å². The summed E-state index contributed by atoms with van der Waals surface area (Å²) in [4.78, 5) is 0. The number of rotatable bonds is 3. The smallest absolute Gasteiger partial charge is 0.121 e. The van der Waals surface area contributed by atoms with Gasteiger partial charge in [-0.3, -0.25) is 4.68 Å². The van der Waals surface area contributed by atoms with Gasteiger partial charge in [0.05, 0.1) is 5.69 Å². The van der Waals surface area contributed by atoms with Crippen molar-refractivity contribution in [2.45, 2.75) is 39.5 Å². The lowest BCUT2D eigenvalue weighted by Crippen LogP contribution is -1.98. The average Bonchev–Trinajstić information content (AvgIpc) is 2.68. The Morgan fingerprint density at radius 3 is 2.21 bits per heavy atom. The predicted molar refractivity (Wildman–Crippen MR) is 81.2 cm³/mol. The van der Waals surface area contributed by atoms with Crippen LogP contribution in [0.4, 0.5) is 5.82 Å². The van der Waals surface area contributed by atoms with E-state index in [9.17, 15) is 0 Å². The molecule has 1 heterocycles. The Hall–Kier alpha value is -1.77. The molecule has 0 aliphatic carbocycles. The summed E-state index contributed by atoms with van der Waals surface area (Å²) in [6, 6.07) is 8.64. The normalized spacial score (nSPS) is 11.5. The highest BCUT2D eigenvalue weighted by Crippen LogP contribution is 2.32. The van der Waals surface area contributed by atoms with Gasteiger partial charge < -0.3 is 5.73 Å². The van der Waals surface area contributed by atoms with Crippen molar-refractivity contribution in [2.75, 3.05) is 5.73 Å². The number of nitrogens with zero attached hydrogens (tertiary/aromatic N) is 2. The molecule has 0 atom stereocenters. The molecule has 102 valence electrons. The van der Waals surface area contributed by atoms with E-state index in [0.717, 1.165) is 5.69 Å². The molecule has 1 aromatic carbocycles. The van der Waals surface area contributed by atoms with Gasteiger partial charge >= 0.3 is 0 Å². The first kappa shape index (κ1) is 13.7. The van der Waals surface area contributed by atoms with Crippen LogP contribution in [0.25, 0.3) is 11.3 Å². The third kappa shape index (κ3) is 2.65. The molecule has 0 unspecified atom stereocenters. The van der Waals surface area contributed by atoms with Crippen molar-refractivity contribution in [1.29, 1.82) is 0 Å². The molecule has 19 heavy (non-hydrogen) atoms. The number of benzene rings is 1. The van der Waals surface area contributed by atoms with E-state index in [4.69, 9.17) is 5.73 Å². The Morgan fingerprint density at radius 2 is 1.74 bits per heavy atom. The van der Waals surface area contributed by atoms with Gasteiger partial charge in [0, 0.05) is 18.7 Å². The second-order valence-corrected chi connectivity index (χ2v) is 5.73. The average molecular weight is 257 g/mol. The van der Waals surface area contributed by atoms with Crippen LogP contribution in [0.15, 0.2) is 24.3 Å². The van der Waals surface area contributed by atoms with Gasteiger partial charge in [-0.1, -0.05) is 39.8 Å². The van der Waals surface area contributed by atoms with E-state index in [1.54, 1.807) is 4.68 Å². The maximum atomic E-state index is 5.90. The molecule has 1 aromatic heterocycles. The molecule has 2 rings (SSSR count). The molecule has 3 nitrogen and oxygen atoms in total. The Kier molecular flexibility index (Phi) is 3.65. The van der Waals surface area contributed by atoms with Crippen LogP contribution in [-0.2, 0) is 7.05 Å². The van der Waals surface area contributed by atoms with Gasteiger partial charge in [0.15, 0.2) is 0 Å². The summed E-state index contributed by atoms with van der Waals surface area (Å²) in [5.74, 6) is 1.68. The first-order valence-electron chi connectivity index (χ1n) is 6.84. The first-order valence-corrected chi connectivity index (χ1v) is 6.84. The number of nitrogens with two attached hydrogens (primary N) is 1. The lowest BCUT2D eigenvalue weighted by molar-refractivity contribution is 0.780. The fourth-order valence-corrected chi connectivity index (χ4v) is 2.27. The number of anilines is 1. The van der Waals surface area contributed by atoms with E-state index >= 15 is 0 Å². The lowest BCUT2D eigenvalue weighted by atomic mass is 9.91. The summed E-state index contributed by atoms with van der Waals surface area (Å²) in [5, 5.41) is 4.52. The topological polar surface area (TPSA) is 43.8 Å². The first-order chi connectivity index (χ1) is 8.90. The molecule has 0 aliphatic rings. The lowest BCUT2D eigenvalue weighted by Gasteiger charge is -2.14. The Balaban J connectivity index is 2.60. The van der Waals surface area contributed by atoms with Crippen molar-refractivity contribution in [3.63, 3.8) is 0 Å². The van der Waals surface area contributed by atoms with Gasteiger partial charge in [-0.25, -0.2) is 0 Å². The van der Waals surface area contributed by atoms with Crippen molar-refractivity contribution >= 4 is 5.82 Å². The zero-order valence-corrected chi connectivity index (χ0v) is 12.4. The summed E-state index contributed by atoms with van der Waals surface area (Å²) >= 11 is 0. The molecule has 0 fully saturated rings. The minimum atomic E-state index is 0.472. The number of hydrogen-bond acceptors (Lipinski definition) is 2. The molecular weight excluding hydrogens is 234 g/mol. The summed E-state index contributed by atoms with van der Waals surface area (Å²) in [7, 11) is 1.88. The van der Waals surface area contributed by atoms with Crippen molar-refractivity contribution in [1.82, 2.24) is 9.78 Å². The minimum absolute atomic E-state index is 0.472. The van der Waals surface area contributed by atoms with Gasteiger partial charge in [-0.05, 0) is 29.0 Å². The highest BCUT2D eigenvalue weighted by molar-refractivity contribution is 5.68. The van der Waals surface area contributed by atoms with Crippen LogP contribution in [-0.4, -0.2) is 9.78 Å². The SMILES string of the molecule is CC(C)c1ccc(C(C)C)c(-c2cc(N)n(C)n2)c1. The van der Waals surface area contributed by atoms with Crippen LogP contribution in [0.3, 0.4) is 0 Å². The third-order valence-corrected chi connectivity index (χ3v) is 3.56. The maximum Gasteiger partial charge on any atom is 0.121 e. The quantitative estimate of drug-likeness (QED) is 0.905. The van der Waals surface area contributed by atoms with Crippen molar-refractivity contribution in [2.24, 2.45) is 7.05 Å². The van der Waals surface area contributed by atoms with Crippen LogP contribution in [0, 0.1) is 0 Å². The molecule has 0 radical (unpaired) electrons. The van der Waals surface area contributed by atoms with Gasteiger partial charge in [-0.2, -0.15) is 5.10 Å². The van der Waals surface area contributed by atoms with Crippen LogP contribution in [0.1, 0.15) is 50.7 Å². The van der Waals surface area contributed by atoms with E-state index in [2.05, 4.69) is 51.0 Å². The summed E-state index contributed by atoms with van der Waals surface area (Å²) in [6.07, 6.45) is 0. The molecule has 0 amide bonds. The minimum Gasteiger partial charge on any atom is -0.384 e. The molecule has 0 bridgehead atoms. The fraction of sp³-hybridized carbons (Fsp3) is 0.438. The second-order valence-electron chi connectivity index (χ2n) is 5.73. The molecule has 2 aromatic rings. The summed E-state index contributed by atoms with van der Waals surface area (Å²) < 4.78 is 1.72. The number of aryl methyl sites for hydroxylation is 1. The molecule has 0 aliphatic heterocycles. The standard InChI is InChI=1S/C16H23N3/c1-10(2)12-6-7-13(11(3)4)14(8-12)15-9-16(17)19(5)18-15/h6-11H,17H2,1-5H3. The van der Waals surface area contributed by atoms with E-state index in [1.165, 1.54) is 16.7 Å². The zero-order chi connectivity index (χ0) is 14.2. The van der Waals surface area contributed by atoms with Crippen LogP contribution < -0.4 is 5.73 Å². The Bertz CT molecular complexity index is 560. The van der Waals surface area contributed by atoms with Crippen molar-refractivity contribution < 1.29 is 0 Å². The maximum absolute atomic E-state index is 5.90. The van der Waals surface area contributed by atoms with Gasteiger partial charge in [-0.15, -0.1) is 0 Å². The Morgan fingerprint density at radius 1 is 1.05 bits per heavy atom. The highest BCUT2D eigenvalue weighted by Gasteiger charge is 2.14. The molecule has 0 saturated heterocycles. The van der Waals surface area contributed by atoms with Gasteiger partial charge in [0.2, 0.25) is 0 Å². The molecule has 0 saturated carbocycles. The molecular formula is C16H23N3. The van der Waals surface area contributed by atoms with E-state index < -0.39 is 0 Å². The van der Waals surface area contributed by atoms with Crippen molar-refractivity contribution in [3.8, 4) is 11.3 Å². The number of aromatic nitrogens is 2. The monoisotopic (exact) mass is 257 g/mol. The molecule has 0 spiro atoms. The van der Waals surface area contributed by atoms with E-state index in [0.29, 0.717) is 17.7 Å². The second kappa shape index (κ2) is 5.08. The van der Waals surface area contributed by atoms with Gasteiger partial charge in [0.1, 0.15) is 5.82 Å². The zero-order valence-electron chi connectivity index (χ0n) is 12.4. The van der Waals surface area contributed by atoms with E-state index in [1.807, 2.05) is 13.1 Å². The molecule has 2 N–H and O–H groups in total. The fourth-order valence-electron chi connectivity index (χ4n) is 2.27. The largest absolute Gasteiger partial charge is 0.384 e.